The van der Waals surface area contributed by atoms with Crippen LogP contribution >= 0.6 is 0 Å². The van der Waals surface area contributed by atoms with Crippen molar-refractivity contribution in [3.05, 3.63) is 29.7 Å². The molecular formula is C12H16N2O. The van der Waals surface area contributed by atoms with E-state index in [1.807, 2.05) is 20.0 Å². The van der Waals surface area contributed by atoms with Gasteiger partial charge in [-0.25, -0.2) is 4.98 Å². The molecule has 0 fully saturated rings. The second kappa shape index (κ2) is 4.45. The number of benzene rings is 1. The summed E-state index contributed by atoms with van der Waals surface area (Å²) in [7, 11) is 1.98. The molecule has 2 aromatic rings. The Balaban J connectivity index is 2.15. The van der Waals surface area contributed by atoms with Gasteiger partial charge < -0.3 is 9.73 Å². The summed E-state index contributed by atoms with van der Waals surface area (Å²) in [5.74, 6) is 0.734. The van der Waals surface area contributed by atoms with Gasteiger partial charge in [0.2, 0.25) is 0 Å². The van der Waals surface area contributed by atoms with Crippen molar-refractivity contribution in [1.82, 2.24) is 10.3 Å². The first-order valence-electron chi connectivity index (χ1n) is 5.30. The fourth-order valence-electron chi connectivity index (χ4n) is 1.71. The Labute approximate surface area is 89.5 Å². The highest BCUT2D eigenvalue weighted by atomic mass is 16.3. The Morgan fingerprint density at radius 3 is 3.07 bits per heavy atom. The molecule has 80 valence electrons. The molecule has 3 heteroatoms. The lowest BCUT2D eigenvalue weighted by Crippen LogP contribution is -2.08. The lowest BCUT2D eigenvalue weighted by molar-refractivity contribution is 0.560. The Bertz CT molecular complexity index is 448. The Morgan fingerprint density at radius 1 is 1.40 bits per heavy atom. The quantitative estimate of drug-likeness (QED) is 0.776. The Hall–Kier alpha value is -1.35. The maximum atomic E-state index is 5.49. The number of aryl methyl sites for hydroxylation is 2. The van der Waals surface area contributed by atoms with Gasteiger partial charge in [-0.15, -0.1) is 0 Å². The van der Waals surface area contributed by atoms with Crippen molar-refractivity contribution in [2.75, 3.05) is 13.6 Å². The summed E-state index contributed by atoms with van der Waals surface area (Å²) >= 11 is 0. The number of hydrogen-bond donors (Lipinski definition) is 1. The summed E-state index contributed by atoms with van der Waals surface area (Å²) in [5, 5.41) is 3.14. The van der Waals surface area contributed by atoms with E-state index in [4.69, 9.17) is 4.42 Å². The predicted octanol–water partition coefficient (Wildman–Crippen LogP) is 2.29. The van der Waals surface area contributed by atoms with E-state index in [0.29, 0.717) is 0 Å². The third-order valence-corrected chi connectivity index (χ3v) is 2.45. The number of hydrogen-bond acceptors (Lipinski definition) is 3. The Kier molecular flexibility index (Phi) is 3.02. The maximum absolute atomic E-state index is 5.49. The molecule has 15 heavy (non-hydrogen) atoms. The molecule has 0 atom stereocenters. The molecule has 3 nitrogen and oxygen atoms in total. The van der Waals surface area contributed by atoms with Gasteiger partial charge in [-0.2, -0.15) is 0 Å². The summed E-state index contributed by atoms with van der Waals surface area (Å²) in [4.78, 5) is 4.27. The highest BCUT2D eigenvalue weighted by Gasteiger charge is 2.02. The summed E-state index contributed by atoms with van der Waals surface area (Å²) in [6, 6.07) is 6.24. The molecule has 0 saturated carbocycles. The van der Waals surface area contributed by atoms with Crippen molar-refractivity contribution < 1.29 is 4.42 Å². The van der Waals surface area contributed by atoms with Gasteiger partial charge in [-0.3, -0.25) is 0 Å². The maximum Gasteiger partial charge on any atom is 0.192 e. The van der Waals surface area contributed by atoms with Crippen LogP contribution in [-0.2, 0) is 6.42 Å². The van der Waals surface area contributed by atoms with Gasteiger partial charge in [0.15, 0.2) is 11.5 Å². The first-order valence-corrected chi connectivity index (χ1v) is 5.30. The van der Waals surface area contributed by atoms with Crippen LogP contribution in [0.25, 0.3) is 11.1 Å². The summed E-state index contributed by atoms with van der Waals surface area (Å²) < 4.78 is 5.49. The van der Waals surface area contributed by atoms with Gasteiger partial charge in [-0.05, 0) is 44.1 Å². The fraction of sp³-hybridized carbons (Fsp3) is 0.417. The van der Waals surface area contributed by atoms with E-state index in [-0.39, 0.29) is 0 Å². The molecule has 0 aliphatic rings. The van der Waals surface area contributed by atoms with Crippen LogP contribution < -0.4 is 5.32 Å². The first-order chi connectivity index (χ1) is 7.29. The zero-order valence-electron chi connectivity index (χ0n) is 9.21. The standard InChI is InChI=1S/C12H16N2O/c1-9-14-11-6-5-10(4-3-7-13-2)8-12(11)15-9/h5-6,8,13H,3-4,7H2,1-2H3. The van der Waals surface area contributed by atoms with Gasteiger partial charge in [-0.1, -0.05) is 6.07 Å². The van der Waals surface area contributed by atoms with Gasteiger partial charge >= 0.3 is 0 Å². The monoisotopic (exact) mass is 204 g/mol. The minimum absolute atomic E-state index is 0.734. The third-order valence-electron chi connectivity index (χ3n) is 2.45. The number of fused-ring (bicyclic) bond motifs is 1. The largest absolute Gasteiger partial charge is 0.441 e. The van der Waals surface area contributed by atoms with E-state index in [1.54, 1.807) is 0 Å². The van der Waals surface area contributed by atoms with Crippen molar-refractivity contribution in [2.45, 2.75) is 19.8 Å². The first kappa shape index (κ1) is 10.2. The van der Waals surface area contributed by atoms with Crippen LogP contribution in [0.3, 0.4) is 0 Å². The predicted molar refractivity (Wildman–Crippen MR) is 61.0 cm³/mol. The number of nitrogens with one attached hydrogen (secondary N) is 1. The molecule has 0 bridgehead atoms. The van der Waals surface area contributed by atoms with Gasteiger partial charge in [0, 0.05) is 6.92 Å². The smallest absolute Gasteiger partial charge is 0.192 e. The van der Waals surface area contributed by atoms with Crippen molar-refractivity contribution in [3.63, 3.8) is 0 Å². The normalized spacial score (nSPS) is 11.1. The average molecular weight is 204 g/mol. The Morgan fingerprint density at radius 2 is 2.27 bits per heavy atom. The number of nitrogens with zero attached hydrogens (tertiary/aromatic N) is 1. The molecule has 1 aromatic carbocycles. The summed E-state index contributed by atoms with van der Waals surface area (Å²) in [6.07, 6.45) is 2.23. The van der Waals surface area contributed by atoms with E-state index < -0.39 is 0 Å². The van der Waals surface area contributed by atoms with E-state index in [0.717, 1.165) is 36.4 Å². The molecule has 0 amide bonds. The number of oxazole rings is 1. The summed E-state index contributed by atoms with van der Waals surface area (Å²) in [5.41, 5.74) is 3.16. The minimum atomic E-state index is 0.734. The molecule has 0 aliphatic carbocycles. The van der Waals surface area contributed by atoms with Gasteiger partial charge in [0.05, 0.1) is 0 Å². The zero-order valence-corrected chi connectivity index (χ0v) is 9.21. The van der Waals surface area contributed by atoms with E-state index in [9.17, 15) is 0 Å². The lowest BCUT2D eigenvalue weighted by Gasteiger charge is -2.00. The topological polar surface area (TPSA) is 38.1 Å². The number of aromatic nitrogens is 1. The second-order valence-electron chi connectivity index (χ2n) is 3.74. The zero-order chi connectivity index (χ0) is 10.7. The van der Waals surface area contributed by atoms with Crippen LogP contribution in [0.5, 0.6) is 0 Å². The average Bonchev–Trinajstić information content (AvgIpc) is 2.57. The molecule has 2 rings (SSSR count). The minimum Gasteiger partial charge on any atom is -0.441 e. The fourth-order valence-corrected chi connectivity index (χ4v) is 1.71. The van der Waals surface area contributed by atoms with Crippen molar-refractivity contribution in [2.24, 2.45) is 0 Å². The van der Waals surface area contributed by atoms with E-state index >= 15 is 0 Å². The molecule has 1 heterocycles. The lowest BCUT2D eigenvalue weighted by atomic mass is 10.1. The number of rotatable bonds is 4. The molecule has 1 N–H and O–H groups in total. The highest BCUT2D eigenvalue weighted by Crippen LogP contribution is 2.17. The third kappa shape index (κ3) is 2.36. The van der Waals surface area contributed by atoms with Crippen molar-refractivity contribution in [1.29, 1.82) is 0 Å². The van der Waals surface area contributed by atoms with Crippen LogP contribution in [0.2, 0.25) is 0 Å². The molecule has 0 radical (unpaired) electrons. The molecule has 0 spiro atoms. The second-order valence-corrected chi connectivity index (χ2v) is 3.74. The highest BCUT2D eigenvalue weighted by molar-refractivity contribution is 5.73. The summed E-state index contributed by atoms with van der Waals surface area (Å²) in [6.45, 7) is 2.92. The molecular weight excluding hydrogens is 188 g/mol. The molecule has 1 aromatic heterocycles. The van der Waals surface area contributed by atoms with E-state index in [1.165, 1.54) is 5.56 Å². The van der Waals surface area contributed by atoms with Crippen LogP contribution in [0.15, 0.2) is 22.6 Å². The van der Waals surface area contributed by atoms with Gasteiger partial charge in [0.25, 0.3) is 0 Å². The van der Waals surface area contributed by atoms with Crippen molar-refractivity contribution in [3.8, 4) is 0 Å². The molecule has 0 saturated heterocycles. The van der Waals surface area contributed by atoms with Crippen LogP contribution in [0.4, 0.5) is 0 Å². The van der Waals surface area contributed by atoms with Crippen LogP contribution in [0, 0.1) is 6.92 Å². The SMILES string of the molecule is CNCCCc1ccc2nc(C)oc2c1. The van der Waals surface area contributed by atoms with E-state index in [2.05, 4.69) is 22.4 Å². The van der Waals surface area contributed by atoms with Crippen LogP contribution in [0.1, 0.15) is 17.9 Å². The van der Waals surface area contributed by atoms with Gasteiger partial charge in [0.1, 0.15) is 5.52 Å². The molecule has 0 aliphatic heterocycles. The van der Waals surface area contributed by atoms with Crippen molar-refractivity contribution >= 4 is 11.1 Å². The van der Waals surface area contributed by atoms with Crippen LogP contribution in [-0.4, -0.2) is 18.6 Å². The molecule has 0 unspecified atom stereocenters.